The van der Waals surface area contributed by atoms with Crippen molar-refractivity contribution in [2.75, 3.05) is 25.8 Å². The van der Waals surface area contributed by atoms with Crippen LogP contribution in [0.2, 0.25) is 0 Å². The average Bonchev–Trinajstić information content (AvgIpc) is 2.95. The highest BCUT2D eigenvalue weighted by molar-refractivity contribution is 7.95. The van der Waals surface area contributed by atoms with E-state index in [1.54, 1.807) is 0 Å². The van der Waals surface area contributed by atoms with Crippen LogP contribution in [-0.4, -0.2) is 42.6 Å². The zero-order valence-corrected chi connectivity index (χ0v) is 22.7. The quantitative estimate of drug-likeness (QED) is 0.261. The second-order valence-corrected chi connectivity index (χ2v) is 13.6. The van der Waals surface area contributed by atoms with Gasteiger partial charge in [-0.15, -0.1) is 0 Å². The zero-order chi connectivity index (χ0) is 25.1. The molecule has 3 nitrogen and oxygen atoms in total. The Morgan fingerprint density at radius 3 is 1.69 bits per heavy atom. The van der Waals surface area contributed by atoms with Crippen molar-refractivity contribution < 1.29 is 4.79 Å². The fourth-order valence-electron chi connectivity index (χ4n) is 5.56. The van der Waals surface area contributed by atoms with Gasteiger partial charge in [-0.1, -0.05) is 67.9 Å². The lowest BCUT2D eigenvalue weighted by molar-refractivity contribution is -0.122. The fraction of sp³-hybridized carbons (Fsp3) is 0.406. The van der Waals surface area contributed by atoms with Crippen LogP contribution in [0.25, 0.3) is 0 Å². The molecule has 0 aliphatic carbocycles. The van der Waals surface area contributed by atoms with Crippen molar-refractivity contribution in [2.45, 2.75) is 57.9 Å². The van der Waals surface area contributed by atoms with Gasteiger partial charge in [-0.05, 0) is 75.0 Å². The molecule has 36 heavy (non-hydrogen) atoms. The summed E-state index contributed by atoms with van der Waals surface area (Å²) in [5.74, 6) is 0.240. The van der Waals surface area contributed by atoms with Crippen molar-refractivity contribution in [1.29, 1.82) is 0 Å². The van der Waals surface area contributed by atoms with Gasteiger partial charge >= 0.3 is 0 Å². The fourth-order valence-corrected chi connectivity index (χ4v) is 9.97. The summed E-state index contributed by atoms with van der Waals surface area (Å²) in [6.07, 6.45) is 8.42. The lowest BCUT2D eigenvalue weighted by Gasteiger charge is -2.31. The lowest BCUT2D eigenvalue weighted by atomic mass is 10.0. The normalized spacial score (nSPS) is 15.0. The van der Waals surface area contributed by atoms with Crippen LogP contribution in [0.15, 0.2) is 91.0 Å². The maximum Gasteiger partial charge on any atom is 0.220 e. The maximum atomic E-state index is 12.5. The maximum absolute atomic E-state index is 12.5. The minimum Gasteiger partial charge on any atom is -0.353 e. The van der Waals surface area contributed by atoms with Crippen molar-refractivity contribution >= 4 is 29.1 Å². The molecule has 1 amide bonds. The van der Waals surface area contributed by atoms with E-state index in [1.165, 1.54) is 22.3 Å². The van der Waals surface area contributed by atoms with Gasteiger partial charge in [-0.2, -0.15) is 0 Å². The molecule has 0 atom stereocenters. The second kappa shape index (κ2) is 13.7. The number of hydrogen-bond donors (Lipinski definition) is 1. The van der Waals surface area contributed by atoms with E-state index in [0.717, 1.165) is 57.9 Å². The standard InChI is InChI=1S/C32H41N2OP/c1-2-34-25-23-28(24-26-34)33-32(35)22-14-3-4-15-27-36(29-16-8-5-9-17-29,30-18-10-6-11-19-30)31-20-12-7-13-21-31/h5-13,16-21,28H,2-4,14-15,22-27H2,1H3/p+1. The van der Waals surface area contributed by atoms with Gasteiger partial charge in [0.2, 0.25) is 5.91 Å². The Labute approximate surface area is 218 Å². The Hall–Kier alpha value is -2.48. The molecule has 190 valence electrons. The Morgan fingerprint density at radius 1 is 0.750 bits per heavy atom. The van der Waals surface area contributed by atoms with Crippen LogP contribution in [0.3, 0.4) is 0 Å². The third-order valence-corrected chi connectivity index (χ3v) is 12.2. The molecule has 3 aromatic carbocycles. The number of carbonyl (C=O) groups excluding carboxylic acids is 1. The first-order valence-electron chi connectivity index (χ1n) is 13.8. The highest BCUT2D eigenvalue weighted by atomic mass is 31.2. The number of amides is 1. The molecular weight excluding hydrogens is 459 g/mol. The summed E-state index contributed by atoms with van der Waals surface area (Å²) in [6, 6.07) is 33.7. The van der Waals surface area contributed by atoms with Crippen molar-refractivity contribution in [1.82, 2.24) is 10.2 Å². The van der Waals surface area contributed by atoms with Crippen molar-refractivity contribution in [3.8, 4) is 0 Å². The van der Waals surface area contributed by atoms with Gasteiger partial charge in [-0.3, -0.25) is 4.79 Å². The number of nitrogens with one attached hydrogen (secondary N) is 1. The number of unbranched alkanes of at least 4 members (excludes halogenated alkanes) is 3. The molecule has 0 radical (unpaired) electrons. The van der Waals surface area contributed by atoms with E-state index < -0.39 is 7.26 Å². The summed E-state index contributed by atoms with van der Waals surface area (Å²) in [5.41, 5.74) is 0. The molecule has 3 aromatic rings. The molecule has 0 unspecified atom stereocenters. The largest absolute Gasteiger partial charge is 0.353 e. The van der Waals surface area contributed by atoms with Crippen LogP contribution in [0.4, 0.5) is 0 Å². The molecule has 0 saturated carbocycles. The number of nitrogens with zero attached hydrogens (tertiary/aromatic N) is 1. The van der Waals surface area contributed by atoms with E-state index in [4.69, 9.17) is 0 Å². The minimum atomic E-state index is -1.74. The Kier molecular flexibility index (Phi) is 10.1. The summed E-state index contributed by atoms with van der Waals surface area (Å²) < 4.78 is 0. The molecule has 1 N–H and O–H groups in total. The summed E-state index contributed by atoms with van der Waals surface area (Å²) >= 11 is 0. The number of likely N-dealkylation sites (tertiary alicyclic amines) is 1. The SMILES string of the molecule is CCN1CCC(NC(=O)CCCCCC[P+](c2ccccc2)(c2ccccc2)c2ccccc2)CC1. The highest BCUT2D eigenvalue weighted by Gasteiger charge is 2.44. The van der Waals surface area contributed by atoms with Gasteiger partial charge in [-0.25, -0.2) is 0 Å². The van der Waals surface area contributed by atoms with Gasteiger partial charge in [0.1, 0.15) is 23.2 Å². The van der Waals surface area contributed by atoms with Gasteiger partial charge in [0.15, 0.2) is 0 Å². The van der Waals surface area contributed by atoms with Gasteiger partial charge < -0.3 is 10.2 Å². The smallest absolute Gasteiger partial charge is 0.220 e. The van der Waals surface area contributed by atoms with E-state index in [2.05, 4.69) is 108 Å². The molecule has 4 heteroatoms. The average molecular weight is 502 g/mol. The number of rotatable bonds is 12. The topological polar surface area (TPSA) is 32.3 Å². The third kappa shape index (κ3) is 6.84. The molecule has 0 bridgehead atoms. The lowest BCUT2D eigenvalue weighted by Crippen LogP contribution is -2.44. The Bertz CT molecular complexity index is 937. The number of benzene rings is 3. The monoisotopic (exact) mass is 501 g/mol. The third-order valence-electron chi connectivity index (χ3n) is 7.64. The molecule has 0 spiro atoms. The van der Waals surface area contributed by atoms with Crippen LogP contribution in [-0.2, 0) is 4.79 Å². The van der Waals surface area contributed by atoms with E-state index in [0.29, 0.717) is 12.5 Å². The summed E-state index contributed by atoms with van der Waals surface area (Å²) in [5, 5.41) is 7.65. The minimum absolute atomic E-state index is 0.240. The molecule has 1 fully saturated rings. The van der Waals surface area contributed by atoms with Gasteiger partial charge in [0.25, 0.3) is 0 Å². The molecule has 1 heterocycles. The molecular formula is C32H42N2OP+. The predicted molar refractivity (Wildman–Crippen MR) is 156 cm³/mol. The molecule has 1 aliphatic heterocycles. The van der Waals surface area contributed by atoms with Crippen LogP contribution >= 0.6 is 7.26 Å². The Balaban J connectivity index is 1.35. The van der Waals surface area contributed by atoms with E-state index in [1.807, 2.05) is 0 Å². The molecule has 4 rings (SSSR count). The molecule has 1 saturated heterocycles. The first-order chi connectivity index (χ1) is 17.7. The summed E-state index contributed by atoms with van der Waals surface area (Å²) in [6.45, 7) is 5.54. The number of carbonyl (C=O) groups is 1. The first kappa shape index (κ1) is 26.6. The first-order valence-corrected chi connectivity index (χ1v) is 15.8. The van der Waals surface area contributed by atoms with Crippen LogP contribution in [0.5, 0.6) is 0 Å². The zero-order valence-electron chi connectivity index (χ0n) is 21.8. The highest BCUT2D eigenvalue weighted by Crippen LogP contribution is 2.55. The van der Waals surface area contributed by atoms with Crippen molar-refractivity contribution in [3.63, 3.8) is 0 Å². The van der Waals surface area contributed by atoms with Crippen molar-refractivity contribution in [2.24, 2.45) is 0 Å². The van der Waals surface area contributed by atoms with Gasteiger partial charge in [0, 0.05) is 25.6 Å². The molecule has 0 aromatic heterocycles. The van der Waals surface area contributed by atoms with Crippen LogP contribution in [0.1, 0.15) is 51.9 Å². The predicted octanol–water partition coefficient (Wildman–Crippen LogP) is 5.53. The van der Waals surface area contributed by atoms with Crippen LogP contribution < -0.4 is 21.2 Å². The van der Waals surface area contributed by atoms with E-state index in [9.17, 15) is 4.79 Å². The van der Waals surface area contributed by atoms with Crippen LogP contribution in [0, 0.1) is 0 Å². The number of piperidine rings is 1. The molecule has 1 aliphatic rings. The second-order valence-electron chi connectivity index (χ2n) is 9.98. The van der Waals surface area contributed by atoms with E-state index in [-0.39, 0.29) is 5.91 Å². The van der Waals surface area contributed by atoms with Gasteiger partial charge in [0.05, 0.1) is 6.16 Å². The van der Waals surface area contributed by atoms with E-state index >= 15 is 0 Å². The van der Waals surface area contributed by atoms with Crippen molar-refractivity contribution in [3.05, 3.63) is 91.0 Å². The summed E-state index contributed by atoms with van der Waals surface area (Å²) in [7, 11) is -1.74. The summed E-state index contributed by atoms with van der Waals surface area (Å²) in [4.78, 5) is 15.0. The Morgan fingerprint density at radius 2 is 1.22 bits per heavy atom. The number of hydrogen-bond acceptors (Lipinski definition) is 2.